The molecular weight excluding hydrogens is 212 g/mol. The van der Waals surface area contributed by atoms with Gasteiger partial charge in [-0.05, 0) is 0 Å². The predicted molar refractivity (Wildman–Crippen MR) is 50.9 cm³/mol. The Balaban J connectivity index is 3.12. The summed E-state index contributed by atoms with van der Waals surface area (Å²) in [6.45, 7) is 3.40. The minimum absolute atomic E-state index is 0.382. The number of aryl methyl sites for hydroxylation is 1. The van der Waals surface area contributed by atoms with Crippen LogP contribution < -0.4 is 0 Å². The zero-order chi connectivity index (χ0) is 10.1. The summed E-state index contributed by atoms with van der Waals surface area (Å²) in [7, 11) is 3.27. The molecule has 0 bridgehead atoms. The molecular formula is C7H9ClN2O2S. The summed E-state index contributed by atoms with van der Waals surface area (Å²) in [5.74, 6) is 0. The standard InChI is InChI=1S/C7H9ClN2O2S/c1-3-7(13(8,11)12)6-4-10(2)5-9-6/h3-5,7H,1H2,2H3. The molecule has 0 aliphatic heterocycles. The van der Waals surface area contributed by atoms with Crippen LogP contribution in [0.4, 0.5) is 0 Å². The third kappa shape index (κ3) is 2.32. The maximum Gasteiger partial charge on any atom is 0.244 e. The Kier molecular flexibility index (Phi) is 2.77. The lowest BCUT2D eigenvalue weighted by Gasteiger charge is -2.03. The topological polar surface area (TPSA) is 52.0 Å². The molecule has 0 saturated heterocycles. The quantitative estimate of drug-likeness (QED) is 0.569. The van der Waals surface area contributed by atoms with Crippen LogP contribution in [-0.2, 0) is 16.1 Å². The van der Waals surface area contributed by atoms with Gasteiger partial charge < -0.3 is 4.57 Å². The SMILES string of the molecule is C=CC(c1cn(C)cn1)S(=O)(=O)Cl. The number of hydrogen-bond acceptors (Lipinski definition) is 3. The number of aromatic nitrogens is 2. The average Bonchev–Trinajstić information content (AvgIpc) is 2.34. The zero-order valence-electron chi connectivity index (χ0n) is 7.01. The Labute approximate surface area is 81.3 Å². The molecule has 72 valence electrons. The average molecular weight is 221 g/mol. The second-order valence-electron chi connectivity index (χ2n) is 2.60. The number of nitrogens with zero attached hydrogens (tertiary/aromatic N) is 2. The van der Waals surface area contributed by atoms with Crippen LogP contribution in [0.3, 0.4) is 0 Å². The zero-order valence-corrected chi connectivity index (χ0v) is 8.59. The van der Waals surface area contributed by atoms with Crippen molar-refractivity contribution in [3.63, 3.8) is 0 Å². The van der Waals surface area contributed by atoms with Crippen LogP contribution in [-0.4, -0.2) is 18.0 Å². The first kappa shape index (κ1) is 10.3. The van der Waals surface area contributed by atoms with E-state index >= 15 is 0 Å². The van der Waals surface area contributed by atoms with Gasteiger partial charge in [0.2, 0.25) is 9.05 Å². The van der Waals surface area contributed by atoms with Gasteiger partial charge in [0.1, 0.15) is 5.25 Å². The first-order valence-corrected chi connectivity index (χ1v) is 5.86. The van der Waals surface area contributed by atoms with E-state index < -0.39 is 14.3 Å². The third-order valence-electron chi connectivity index (χ3n) is 1.53. The summed E-state index contributed by atoms with van der Waals surface area (Å²) in [6.07, 6.45) is 4.35. The first-order valence-electron chi connectivity index (χ1n) is 3.49. The summed E-state index contributed by atoms with van der Waals surface area (Å²) >= 11 is 0. The van der Waals surface area contributed by atoms with Gasteiger partial charge in [-0.3, -0.25) is 0 Å². The molecule has 0 N–H and O–H groups in total. The van der Waals surface area contributed by atoms with Crippen molar-refractivity contribution >= 4 is 19.7 Å². The number of hydrogen-bond donors (Lipinski definition) is 0. The third-order valence-corrected chi connectivity index (χ3v) is 3.15. The van der Waals surface area contributed by atoms with Gasteiger partial charge in [0, 0.05) is 23.9 Å². The van der Waals surface area contributed by atoms with Crippen molar-refractivity contribution in [3.05, 3.63) is 30.9 Å². The molecule has 0 spiro atoms. The van der Waals surface area contributed by atoms with Gasteiger partial charge >= 0.3 is 0 Å². The minimum atomic E-state index is -3.68. The largest absolute Gasteiger partial charge is 0.340 e. The maximum atomic E-state index is 11.0. The van der Waals surface area contributed by atoms with E-state index in [1.54, 1.807) is 17.8 Å². The van der Waals surface area contributed by atoms with Crippen molar-refractivity contribution in [2.75, 3.05) is 0 Å². The van der Waals surface area contributed by atoms with Crippen LogP contribution in [0.15, 0.2) is 25.2 Å². The molecule has 1 atom stereocenters. The monoisotopic (exact) mass is 220 g/mol. The summed E-state index contributed by atoms with van der Waals surface area (Å²) in [6, 6.07) is 0. The van der Waals surface area contributed by atoms with Crippen molar-refractivity contribution in [3.8, 4) is 0 Å². The number of imidazole rings is 1. The van der Waals surface area contributed by atoms with Crippen LogP contribution in [0.1, 0.15) is 10.9 Å². The van der Waals surface area contributed by atoms with E-state index in [0.29, 0.717) is 5.69 Å². The highest BCUT2D eigenvalue weighted by atomic mass is 35.7. The summed E-state index contributed by atoms with van der Waals surface area (Å²) in [5, 5.41) is -0.935. The van der Waals surface area contributed by atoms with Gasteiger partial charge in [-0.15, -0.1) is 6.58 Å². The molecule has 0 aliphatic rings. The fourth-order valence-corrected chi connectivity index (χ4v) is 2.09. The predicted octanol–water partition coefficient (Wildman–Crippen LogP) is 1.22. The Morgan fingerprint density at radius 1 is 1.77 bits per heavy atom. The van der Waals surface area contributed by atoms with E-state index in [9.17, 15) is 8.42 Å². The molecule has 1 aromatic rings. The smallest absolute Gasteiger partial charge is 0.244 e. The van der Waals surface area contributed by atoms with E-state index in [2.05, 4.69) is 11.6 Å². The molecule has 0 aliphatic carbocycles. The van der Waals surface area contributed by atoms with Crippen LogP contribution in [0.5, 0.6) is 0 Å². The summed E-state index contributed by atoms with van der Waals surface area (Å²) in [4.78, 5) is 3.88. The minimum Gasteiger partial charge on any atom is -0.340 e. The molecule has 0 saturated carbocycles. The van der Waals surface area contributed by atoms with E-state index in [1.165, 1.54) is 12.4 Å². The lowest BCUT2D eigenvalue weighted by Crippen LogP contribution is -2.04. The van der Waals surface area contributed by atoms with Crippen molar-refractivity contribution in [1.82, 2.24) is 9.55 Å². The van der Waals surface area contributed by atoms with Gasteiger partial charge in [-0.1, -0.05) is 6.08 Å². The molecule has 1 rings (SSSR count). The fraction of sp³-hybridized carbons (Fsp3) is 0.286. The Morgan fingerprint density at radius 3 is 2.69 bits per heavy atom. The van der Waals surface area contributed by atoms with Crippen molar-refractivity contribution < 1.29 is 8.42 Å². The molecule has 0 aromatic carbocycles. The Bertz CT molecular complexity index is 410. The lowest BCUT2D eigenvalue weighted by molar-refractivity contribution is 0.603. The molecule has 1 heterocycles. The highest BCUT2D eigenvalue weighted by Crippen LogP contribution is 2.24. The van der Waals surface area contributed by atoms with E-state index in [0.717, 1.165) is 0 Å². The van der Waals surface area contributed by atoms with E-state index in [-0.39, 0.29) is 0 Å². The highest BCUT2D eigenvalue weighted by molar-refractivity contribution is 8.14. The molecule has 0 fully saturated rings. The van der Waals surface area contributed by atoms with Gasteiger partial charge in [-0.25, -0.2) is 13.4 Å². The number of rotatable bonds is 3. The van der Waals surface area contributed by atoms with E-state index in [4.69, 9.17) is 10.7 Å². The van der Waals surface area contributed by atoms with Crippen LogP contribution in [0.25, 0.3) is 0 Å². The van der Waals surface area contributed by atoms with E-state index in [1.807, 2.05) is 0 Å². The van der Waals surface area contributed by atoms with Gasteiger partial charge in [-0.2, -0.15) is 0 Å². The van der Waals surface area contributed by atoms with Crippen LogP contribution in [0, 0.1) is 0 Å². The van der Waals surface area contributed by atoms with Crippen molar-refractivity contribution in [1.29, 1.82) is 0 Å². The number of halogens is 1. The molecule has 4 nitrogen and oxygen atoms in total. The van der Waals surface area contributed by atoms with Gasteiger partial charge in [0.05, 0.1) is 12.0 Å². The van der Waals surface area contributed by atoms with Crippen molar-refractivity contribution in [2.45, 2.75) is 5.25 Å². The van der Waals surface area contributed by atoms with Crippen LogP contribution >= 0.6 is 10.7 Å². The summed E-state index contributed by atoms with van der Waals surface area (Å²) in [5.41, 5.74) is 0.382. The lowest BCUT2D eigenvalue weighted by atomic mass is 10.3. The molecule has 1 unspecified atom stereocenters. The second kappa shape index (κ2) is 3.51. The van der Waals surface area contributed by atoms with Crippen LogP contribution in [0.2, 0.25) is 0 Å². The maximum absolute atomic E-state index is 11.0. The van der Waals surface area contributed by atoms with Gasteiger partial charge in [0.25, 0.3) is 0 Å². The molecule has 1 aromatic heterocycles. The second-order valence-corrected chi connectivity index (χ2v) is 5.35. The van der Waals surface area contributed by atoms with Gasteiger partial charge in [0.15, 0.2) is 0 Å². The fourth-order valence-electron chi connectivity index (χ4n) is 0.960. The Hall–Kier alpha value is -0.810. The van der Waals surface area contributed by atoms with Crippen molar-refractivity contribution in [2.24, 2.45) is 7.05 Å². The first-order chi connectivity index (χ1) is 5.95. The molecule has 0 amide bonds. The molecule has 0 radical (unpaired) electrons. The molecule has 6 heteroatoms. The highest BCUT2D eigenvalue weighted by Gasteiger charge is 2.23. The normalized spacial score (nSPS) is 14.0. The summed E-state index contributed by atoms with van der Waals surface area (Å²) < 4.78 is 23.7. The Morgan fingerprint density at radius 2 is 2.38 bits per heavy atom. The molecule has 13 heavy (non-hydrogen) atoms.